The number of nitrogens with zero attached hydrogens (tertiary/aromatic N) is 3. The lowest BCUT2D eigenvalue weighted by Gasteiger charge is -2.22. The van der Waals surface area contributed by atoms with Crippen molar-refractivity contribution in [3.8, 4) is 0 Å². The van der Waals surface area contributed by atoms with Gasteiger partial charge in [-0.1, -0.05) is 6.92 Å². The molecule has 1 fully saturated rings. The van der Waals surface area contributed by atoms with E-state index in [1.165, 1.54) is 12.6 Å². The summed E-state index contributed by atoms with van der Waals surface area (Å²) < 4.78 is 0. The van der Waals surface area contributed by atoms with E-state index in [0.29, 0.717) is 18.3 Å². The molecule has 1 atom stereocenters. The Morgan fingerprint density at radius 1 is 1.75 bits per heavy atom. The van der Waals surface area contributed by atoms with Gasteiger partial charge in [-0.3, -0.25) is 9.69 Å². The topological polar surface area (TPSA) is 73.9 Å². The van der Waals surface area contributed by atoms with Crippen LogP contribution in [0.15, 0.2) is 6.20 Å². The third-order valence-corrected chi connectivity index (χ3v) is 3.05. The van der Waals surface area contributed by atoms with Gasteiger partial charge in [-0.15, -0.1) is 0 Å². The van der Waals surface area contributed by atoms with Crippen LogP contribution in [0.5, 0.6) is 0 Å². The zero-order valence-electron chi connectivity index (χ0n) is 9.44. The van der Waals surface area contributed by atoms with E-state index >= 15 is 0 Å². The number of aromatic amines is 1. The van der Waals surface area contributed by atoms with Crippen LogP contribution in [0.25, 0.3) is 0 Å². The summed E-state index contributed by atoms with van der Waals surface area (Å²) in [4.78, 5) is 14.0. The molecule has 0 saturated carbocycles. The van der Waals surface area contributed by atoms with E-state index in [1.807, 2.05) is 0 Å². The molecule has 1 saturated heterocycles. The molecule has 16 heavy (non-hydrogen) atoms. The number of rotatable bonds is 4. The molecule has 0 aromatic carbocycles. The molecule has 0 spiro atoms. The Morgan fingerprint density at radius 2 is 2.62 bits per heavy atom. The summed E-state index contributed by atoms with van der Waals surface area (Å²) in [6.45, 7) is 5.03. The van der Waals surface area contributed by atoms with Crippen molar-refractivity contribution in [2.24, 2.45) is 0 Å². The summed E-state index contributed by atoms with van der Waals surface area (Å²) >= 11 is 0. The zero-order chi connectivity index (χ0) is 11.4. The van der Waals surface area contributed by atoms with Crippen LogP contribution in [0.2, 0.25) is 0 Å². The summed E-state index contributed by atoms with van der Waals surface area (Å²) in [7, 11) is 0. The van der Waals surface area contributed by atoms with E-state index in [1.54, 1.807) is 0 Å². The van der Waals surface area contributed by atoms with Gasteiger partial charge in [0.1, 0.15) is 0 Å². The van der Waals surface area contributed by atoms with Crippen LogP contribution in [-0.4, -0.2) is 51.9 Å². The second-order valence-electron chi connectivity index (χ2n) is 3.99. The SMILES string of the molecule is CCN1CCCC1CNC(=O)c1cn[nH]n1. The van der Waals surface area contributed by atoms with Crippen molar-refractivity contribution >= 4 is 5.91 Å². The second-order valence-corrected chi connectivity index (χ2v) is 3.99. The molecule has 2 N–H and O–H groups in total. The number of carbonyl (C=O) groups excluding carboxylic acids is 1. The summed E-state index contributed by atoms with van der Waals surface area (Å²) in [6, 6.07) is 0.473. The average molecular weight is 223 g/mol. The molecule has 0 bridgehead atoms. The van der Waals surface area contributed by atoms with Crippen molar-refractivity contribution in [2.75, 3.05) is 19.6 Å². The molecule has 6 nitrogen and oxygen atoms in total. The summed E-state index contributed by atoms with van der Waals surface area (Å²) in [5.74, 6) is -0.156. The van der Waals surface area contributed by atoms with E-state index in [-0.39, 0.29) is 5.91 Å². The molecule has 88 valence electrons. The quantitative estimate of drug-likeness (QED) is 0.754. The van der Waals surface area contributed by atoms with Crippen LogP contribution in [0.3, 0.4) is 0 Å². The molecule has 2 heterocycles. The molecule has 2 rings (SSSR count). The minimum atomic E-state index is -0.156. The molecular formula is C10H17N5O. The van der Waals surface area contributed by atoms with Crippen molar-refractivity contribution in [3.63, 3.8) is 0 Å². The highest BCUT2D eigenvalue weighted by molar-refractivity contribution is 5.91. The van der Waals surface area contributed by atoms with E-state index in [4.69, 9.17) is 0 Å². The maximum atomic E-state index is 11.6. The van der Waals surface area contributed by atoms with Crippen LogP contribution in [0, 0.1) is 0 Å². The smallest absolute Gasteiger partial charge is 0.273 e. The first kappa shape index (κ1) is 11.1. The number of likely N-dealkylation sites (tertiary alicyclic amines) is 1. The fourth-order valence-corrected chi connectivity index (χ4v) is 2.15. The molecule has 1 amide bonds. The van der Waals surface area contributed by atoms with Crippen LogP contribution >= 0.6 is 0 Å². The van der Waals surface area contributed by atoms with Gasteiger partial charge in [-0.05, 0) is 25.9 Å². The van der Waals surface area contributed by atoms with E-state index < -0.39 is 0 Å². The molecule has 1 aromatic heterocycles. The predicted octanol–water partition coefficient (Wildman–Crippen LogP) is 0.0188. The summed E-state index contributed by atoms with van der Waals surface area (Å²) in [6.07, 6.45) is 3.81. The molecule has 6 heteroatoms. The molecule has 1 unspecified atom stereocenters. The highest BCUT2D eigenvalue weighted by Gasteiger charge is 2.23. The van der Waals surface area contributed by atoms with Crippen molar-refractivity contribution in [3.05, 3.63) is 11.9 Å². The summed E-state index contributed by atoms with van der Waals surface area (Å²) in [5.41, 5.74) is 0.348. The van der Waals surface area contributed by atoms with Gasteiger partial charge in [-0.2, -0.15) is 15.4 Å². The van der Waals surface area contributed by atoms with Gasteiger partial charge < -0.3 is 5.32 Å². The predicted molar refractivity (Wildman–Crippen MR) is 59.0 cm³/mol. The van der Waals surface area contributed by atoms with Gasteiger partial charge in [0, 0.05) is 12.6 Å². The van der Waals surface area contributed by atoms with Crippen LogP contribution in [-0.2, 0) is 0 Å². The number of amides is 1. The van der Waals surface area contributed by atoms with Crippen LogP contribution in [0.4, 0.5) is 0 Å². The number of hydrogen-bond acceptors (Lipinski definition) is 4. The van der Waals surface area contributed by atoms with Gasteiger partial charge in [-0.25, -0.2) is 0 Å². The number of aromatic nitrogens is 3. The number of nitrogens with one attached hydrogen (secondary N) is 2. The lowest BCUT2D eigenvalue weighted by molar-refractivity contribution is 0.0936. The van der Waals surface area contributed by atoms with Crippen molar-refractivity contribution in [1.82, 2.24) is 25.6 Å². The second kappa shape index (κ2) is 5.07. The molecule has 0 radical (unpaired) electrons. The molecule has 1 aliphatic heterocycles. The van der Waals surface area contributed by atoms with Gasteiger partial charge in [0.05, 0.1) is 6.20 Å². The molecule has 0 aliphatic carbocycles. The first-order valence-corrected chi connectivity index (χ1v) is 5.69. The Hall–Kier alpha value is -1.43. The fraction of sp³-hybridized carbons (Fsp3) is 0.700. The highest BCUT2D eigenvalue weighted by Crippen LogP contribution is 2.15. The van der Waals surface area contributed by atoms with Gasteiger partial charge >= 0.3 is 0 Å². The lowest BCUT2D eigenvalue weighted by atomic mass is 10.2. The lowest BCUT2D eigenvalue weighted by Crippen LogP contribution is -2.40. The Balaban J connectivity index is 1.81. The van der Waals surface area contributed by atoms with E-state index in [2.05, 4.69) is 32.6 Å². The minimum absolute atomic E-state index is 0.156. The number of likely N-dealkylation sites (N-methyl/N-ethyl adjacent to an activating group) is 1. The minimum Gasteiger partial charge on any atom is -0.349 e. The number of H-pyrrole nitrogens is 1. The summed E-state index contributed by atoms with van der Waals surface area (Å²) in [5, 5.41) is 12.7. The maximum Gasteiger partial charge on any atom is 0.273 e. The van der Waals surface area contributed by atoms with Gasteiger partial charge in [0.15, 0.2) is 5.69 Å². The van der Waals surface area contributed by atoms with Gasteiger partial charge in [0.2, 0.25) is 0 Å². The maximum absolute atomic E-state index is 11.6. The number of hydrogen-bond donors (Lipinski definition) is 2. The first-order chi connectivity index (χ1) is 7.81. The van der Waals surface area contributed by atoms with Crippen LogP contribution < -0.4 is 5.32 Å². The van der Waals surface area contributed by atoms with Crippen LogP contribution in [0.1, 0.15) is 30.3 Å². The Bertz CT molecular complexity index is 337. The standard InChI is InChI=1S/C10H17N5O/c1-2-15-5-3-4-8(15)6-11-10(16)9-7-12-14-13-9/h7-8H,2-6H2,1H3,(H,11,16)(H,12,13,14). The van der Waals surface area contributed by atoms with Crippen molar-refractivity contribution in [1.29, 1.82) is 0 Å². The van der Waals surface area contributed by atoms with Gasteiger partial charge in [0.25, 0.3) is 5.91 Å². The first-order valence-electron chi connectivity index (χ1n) is 5.69. The normalized spacial score (nSPS) is 21.2. The highest BCUT2D eigenvalue weighted by atomic mass is 16.2. The third kappa shape index (κ3) is 2.38. The third-order valence-electron chi connectivity index (χ3n) is 3.05. The zero-order valence-corrected chi connectivity index (χ0v) is 9.44. The van der Waals surface area contributed by atoms with Crippen molar-refractivity contribution < 1.29 is 4.79 Å². The van der Waals surface area contributed by atoms with E-state index in [0.717, 1.165) is 19.5 Å². The van der Waals surface area contributed by atoms with Crippen molar-refractivity contribution in [2.45, 2.75) is 25.8 Å². The largest absolute Gasteiger partial charge is 0.349 e. The molecule has 1 aromatic rings. The monoisotopic (exact) mass is 223 g/mol. The number of carbonyl (C=O) groups is 1. The Labute approximate surface area is 94.4 Å². The van der Waals surface area contributed by atoms with E-state index in [9.17, 15) is 4.79 Å². The molecule has 1 aliphatic rings. The fourth-order valence-electron chi connectivity index (χ4n) is 2.15. The Kier molecular flexibility index (Phi) is 3.51. The molecular weight excluding hydrogens is 206 g/mol. The average Bonchev–Trinajstić information content (AvgIpc) is 2.96. The Morgan fingerprint density at radius 3 is 3.31 bits per heavy atom.